The summed E-state index contributed by atoms with van der Waals surface area (Å²) in [6, 6.07) is 1.63. The summed E-state index contributed by atoms with van der Waals surface area (Å²) >= 11 is 0. The van der Waals surface area contributed by atoms with Crippen molar-refractivity contribution in [2.24, 2.45) is 5.92 Å². The Bertz CT molecular complexity index is 456. The predicted octanol–water partition coefficient (Wildman–Crippen LogP) is 1.91. The van der Waals surface area contributed by atoms with Gasteiger partial charge in [0.05, 0.1) is 5.69 Å². The van der Waals surface area contributed by atoms with E-state index >= 15 is 0 Å². The van der Waals surface area contributed by atoms with E-state index in [9.17, 15) is 13.6 Å². The number of hydrogen-bond acceptors (Lipinski definition) is 3. The second-order valence-corrected chi connectivity index (χ2v) is 4.40. The van der Waals surface area contributed by atoms with Gasteiger partial charge in [0.2, 0.25) is 0 Å². The third-order valence-electron chi connectivity index (χ3n) is 2.98. The van der Waals surface area contributed by atoms with E-state index in [0.717, 1.165) is 12.5 Å². The van der Waals surface area contributed by atoms with Gasteiger partial charge in [-0.15, -0.1) is 0 Å². The number of ether oxygens (including phenoxy) is 1. The Hall–Kier alpha value is -1.69. The molecule has 0 spiro atoms. The second-order valence-electron chi connectivity index (χ2n) is 4.40. The van der Waals surface area contributed by atoms with Crippen molar-refractivity contribution in [2.75, 3.05) is 17.7 Å². The Morgan fingerprint density at radius 1 is 1.50 bits per heavy atom. The summed E-state index contributed by atoms with van der Waals surface area (Å²) in [4.78, 5) is 11.9. The zero-order valence-corrected chi connectivity index (χ0v) is 9.87. The largest absolute Gasteiger partial charge is 0.397 e. The molecule has 1 saturated heterocycles. The van der Waals surface area contributed by atoms with E-state index in [4.69, 9.17) is 10.5 Å². The average molecular weight is 256 g/mol. The van der Waals surface area contributed by atoms with Crippen molar-refractivity contribution in [3.63, 3.8) is 0 Å². The molecule has 0 saturated carbocycles. The summed E-state index contributed by atoms with van der Waals surface area (Å²) in [7, 11) is 0. The van der Waals surface area contributed by atoms with Gasteiger partial charge in [-0.1, -0.05) is 6.92 Å². The van der Waals surface area contributed by atoms with E-state index in [1.165, 1.54) is 0 Å². The summed E-state index contributed by atoms with van der Waals surface area (Å²) < 4.78 is 31.6. The summed E-state index contributed by atoms with van der Waals surface area (Å²) in [6.45, 7) is 2.38. The summed E-state index contributed by atoms with van der Waals surface area (Å²) in [6.07, 6.45) is 0.160. The van der Waals surface area contributed by atoms with E-state index < -0.39 is 23.6 Å². The molecule has 0 bridgehead atoms. The van der Waals surface area contributed by atoms with Gasteiger partial charge in [0.15, 0.2) is 5.82 Å². The Morgan fingerprint density at radius 2 is 2.22 bits per heavy atom. The van der Waals surface area contributed by atoms with E-state index in [-0.39, 0.29) is 17.3 Å². The molecule has 1 aliphatic rings. The number of rotatable bonds is 2. The average Bonchev–Trinajstić information content (AvgIpc) is 2.69. The molecule has 0 aromatic heterocycles. The van der Waals surface area contributed by atoms with Crippen LogP contribution in [0, 0.1) is 17.6 Å². The zero-order valence-electron chi connectivity index (χ0n) is 9.87. The number of carbonyl (C=O) groups excluding carboxylic acids is 1. The van der Waals surface area contributed by atoms with Crippen molar-refractivity contribution in [3.8, 4) is 0 Å². The van der Waals surface area contributed by atoms with Crippen molar-refractivity contribution < 1.29 is 18.3 Å². The minimum absolute atomic E-state index is 0.0646. The number of benzene rings is 1. The number of amides is 1. The first-order valence-corrected chi connectivity index (χ1v) is 5.66. The van der Waals surface area contributed by atoms with Crippen LogP contribution in [0.15, 0.2) is 12.1 Å². The molecule has 1 aromatic rings. The van der Waals surface area contributed by atoms with Crippen LogP contribution in [0.2, 0.25) is 0 Å². The molecule has 4 nitrogen and oxygen atoms in total. The van der Waals surface area contributed by atoms with Crippen molar-refractivity contribution >= 4 is 17.3 Å². The molecular weight excluding hydrogens is 242 g/mol. The van der Waals surface area contributed by atoms with Gasteiger partial charge in [0, 0.05) is 12.7 Å². The Balaban J connectivity index is 2.17. The molecule has 1 fully saturated rings. The first kappa shape index (κ1) is 12.8. The topological polar surface area (TPSA) is 64.3 Å². The van der Waals surface area contributed by atoms with Crippen molar-refractivity contribution in [1.29, 1.82) is 0 Å². The quantitative estimate of drug-likeness (QED) is 0.794. The van der Waals surface area contributed by atoms with Gasteiger partial charge in [-0.25, -0.2) is 8.78 Å². The molecule has 0 aliphatic carbocycles. The molecule has 1 aromatic carbocycles. The highest BCUT2D eigenvalue weighted by Gasteiger charge is 2.31. The lowest BCUT2D eigenvalue weighted by molar-refractivity contribution is -0.126. The minimum atomic E-state index is -0.897. The summed E-state index contributed by atoms with van der Waals surface area (Å²) in [5, 5.41) is 2.35. The van der Waals surface area contributed by atoms with Gasteiger partial charge >= 0.3 is 0 Å². The molecule has 0 radical (unpaired) electrons. The van der Waals surface area contributed by atoms with E-state index in [2.05, 4.69) is 5.32 Å². The van der Waals surface area contributed by atoms with Gasteiger partial charge in [-0.2, -0.15) is 0 Å². The highest BCUT2D eigenvalue weighted by Crippen LogP contribution is 2.26. The molecule has 1 heterocycles. The standard InChI is InChI=1S/C12H14F2N2O2/c1-6-2-3-18-11(6)12(17)16-10-8(14)4-7(13)5-9(10)15/h4-6,11H,2-3,15H2,1H3,(H,16,17). The maximum absolute atomic E-state index is 13.5. The number of anilines is 2. The summed E-state index contributed by atoms with van der Waals surface area (Å²) in [5.41, 5.74) is 5.12. The fraction of sp³-hybridized carbons (Fsp3) is 0.417. The van der Waals surface area contributed by atoms with Crippen LogP contribution in [-0.4, -0.2) is 18.6 Å². The van der Waals surface area contributed by atoms with Gasteiger partial charge in [0.25, 0.3) is 5.91 Å². The second kappa shape index (κ2) is 4.89. The van der Waals surface area contributed by atoms with Crippen LogP contribution in [0.3, 0.4) is 0 Å². The van der Waals surface area contributed by atoms with Crippen LogP contribution >= 0.6 is 0 Å². The predicted molar refractivity (Wildman–Crippen MR) is 62.9 cm³/mol. The first-order valence-electron chi connectivity index (χ1n) is 5.66. The van der Waals surface area contributed by atoms with Gasteiger partial charge in [-0.3, -0.25) is 4.79 Å². The lowest BCUT2D eigenvalue weighted by atomic mass is 10.0. The highest BCUT2D eigenvalue weighted by atomic mass is 19.1. The normalized spacial score (nSPS) is 23.1. The van der Waals surface area contributed by atoms with Crippen LogP contribution in [0.4, 0.5) is 20.2 Å². The lowest BCUT2D eigenvalue weighted by Gasteiger charge is -2.16. The minimum Gasteiger partial charge on any atom is -0.397 e. The molecule has 1 amide bonds. The van der Waals surface area contributed by atoms with E-state index in [1.807, 2.05) is 6.92 Å². The van der Waals surface area contributed by atoms with Gasteiger partial charge in [-0.05, 0) is 18.4 Å². The number of nitrogens with one attached hydrogen (secondary N) is 1. The number of hydrogen-bond donors (Lipinski definition) is 2. The number of nitrogen functional groups attached to an aromatic ring is 1. The highest BCUT2D eigenvalue weighted by molar-refractivity contribution is 5.97. The first-order chi connectivity index (χ1) is 8.49. The fourth-order valence-corrected chi connectivity index (χ4v) is 1.95. The van der Waals surface area contributed by atoms with Crippen molar-refractivity contribution in [3.05, 3.63) is 23.8 Å². The van der Waals surface area contributed by atoms with Crippen LogP contribution in [0.25, 0.3) is 0 Å². The zero-order chi connectivity index (χ0) is 13.3. The van der Waals surface area contributed by atoms with Crippen molar-refractivity contribution in [1.82, 2.24) is 0 Å². The van der Waals surface area contributed by atoms with Gasteiger partial charge in [0.1, 0.15) is 17.6 Å². The molecule has 18 heavy (non-hydrogen) atoms. The Labute approximate surface area is 103 Å². The molecule has 98 valence electrons. The van der Waals surface area contributed by atoms with Gasteiger partial charge < -0.3 is 15.8 Å². The van der Waals surface area contributed by atoms with Crippen LogP contribution in [0.5, 0.6) is 0 Å². The van der Waals surface area contributed by atoms with Crippen LogP contribution in [0.1, 0.15) is 13.3 Å². The Morgan fingerprint density at radius 3 is 2.78 bits per heavy atom. The van der Waals surface area contributed by atoms with Crippen LogP contribution < -0.4 is 11.1 Å². The molecule has 3 N–H and O–H groups in total. The lowest BCUT2D eigenvalue weighted by Crippen LogP contribution is -2.31. The smallest absolute Gasteiger partial charge is 0.253 e. The summed E-state index contributed by atoms with van der Waals surface area (Å²) in [5.74, 6) is -2.08. The fourth-order valence-electron chi connectivity index (χ4n) is 1.95. The maximum atomic E-state index is 13.5. The molecule has 1 aliphatic heterocycles. The molecule has 2 atom stereocenters. The van der Waals surface area contributed by atoms with Crippen molar-refractivity contribution in [2.45, 2.75) is 19.4 Å². The van der Waals surface area contributed by atoms with E-state index in [1.54, 1.807) is 0 Å². The monoisotopic (exact) mass is 256 g/mol. The Kier molecular flexibility index (Phi) is 3.47. The number of nitrogens with two attached hydrogens (primary N) is 1. The van der Waals surface area contributed by atoms with Crippen LogP contribution in [-0.2, 0) is 9.53 Å². The molecule has 2 unspecified atom stereocenters. The van der Waals surface area contributed by atoms with E-state index in [0.29, 0.717) is 12.7 Å². The maximum Gasteiger partial charge on any atom is 0.253 e. The number of carbonyl (C=O) groups is 1. The molecule has 6 heteroatoms. The SMILES string of the molecule is CC1CCOC1C(=O)Nc1c(N)cc(F)cc1F. The third-order valence-corrected chi connectivity index (χ3v) is 2.98. The molecular formula is C12H14F2N2O2. The third kappa shape index (κ3) is 2.43. The molecule has 2 rings (SSSR count). The number of halogens is 2.